The number of amides is 3. The summed E-state index contributed by atoms with van der Waals surface area (Å²) in [6, 6.07) is 14.8. The summed E-state index contributed by atoms with van der Waals surface area (Å²) in [5.74, 6) is -1.72. The van der Waals surface area contributed by atoms with E-state index in [0.29, 0.717) is 11.4 Å². The van der Waals surface area contributed by atoms with Crippen molar-refractivity contribution in [3.05, 3.63) is 76.9 Å². The van der Waals surface area contributed by atoms with Gasteiger partial charge in [0.25, 0.3) is 5.91 Å². The van der Waals surface area contributed by atoms with Gasteiger partial charge in [0.2, 0.25) is 0 Å². The fourth-order valence-corrected chi connectivity index (χ4v) is 5.41. The van der Waals surface area contributed by atoms with E-state index in [0.717, 1.165) is 59.9 Å². The van der Waals surface area contributed by atoms with Crippen molar-refractivity contribution < 1.29 is 19.5 Å². The second kappa shape index (κ2) is 12.0. The van der Waals surface area contributed by atoms with E-state index >= 15 is 0 Å². The second-order valence-electron chi connectivity index (χ2n) is 10.4. The molecule has 39 heavy (non-hydrogen) atoms. The maximum absolute atomic E-state index is 13.4. The van der Waals surface area contributed by atoms with Crippen LogP contribution in [0, 0.1) is 26.7 Å². The molecule has 0 bridgehead atoms. The largest absolute Gasteiger partial charge is 0.480 e. The Bertz CT molecular complexity index is 1350. The number of carbonyl (C=O) groups excluding carboxylic acids is 2. The summed E-state index contributed by atoms with van der Waals surface area (Å²) in [7, 11) is 0. The molecule has 3 amide bonds. The Labute approximate surface area is 229 Å². The van der Waals surface area contributed by atoms with Crippen LogP contribution in [0.3, 0.4) is 0 Å². The summed E-state index contributed by atoms with van der Waals surface area (Å²) in [6.07, 6.45) is 4.50. The minimum atomic E-state index is -1.05. The van der Waals surface area contributed by atoms with Gasteiger partial charge < -0.3 is 26.8 Å². The molecule has 0 saturated heterocycles. The minimum Gasteiger partial charge on any atom is -0.480 e. The molecule has 0 spiro atoms. The van der Waals surface area contributed by atoms with E-state index < -0.39 is 23.9 Å². The van der Waals surface area contributed by atoms with Crippen LogP contribution in [0.2, 0.25) is 0 Å². The molecule has 4 rings (SSSR count). The molecule has 8 heteroatoms. The second-order valence-corrected chi connectivity index (χ2v) is 10.4. The first-order valence-electron chi connectivity index (χ1n) is 13.3. The average Bonchev–Trinajstić information content (AvgIpc) is 2.90. The highest BCUT2D eigenvalue weighted by Crippen LogP contribution is 2.30. The summed E-state index contributed by atoms with van der Waals surface area (Å²) in [6.45, 7) is 5.84. The van der Waals surface area contributed by atoms with Crippen LogP contribution < -0.4 is 21.7 Å². The number of hydrogen-bond acceptors (Lipinski definition) is 4. The number of carboxylic acids is 1. The van der Waals surface area contributed by atoms with Crippen molar-refractivity contribution in [2.75, 3.05) is 16.4 Å². The Morgan fingerprint density at radius 1 is 0.846 bits per heavy atom. The predicted molar refractivity (Wildman–Crippen MR) is 155 cm³/mol. The van der Waals surface area contributed by atoms with Gasteiger partial charge in [0, 0.05) is 11.4 Å². The van der Waals surface area contributed by atoms with Crippen molar-refractivity contribution in [1.82, 2.24) is 5.32 Å². The number of carboxylic acid groups (broad SMARTS) is 1. The van der Waals surface area contributed by atoms with Crippen molar-refractivity contribution in [2.45, 2.75) is 58.9 Å². The number of benzene rings is 3. The Balaban J connectivity index is 1.64. The molecular weight excluding hydrogens is 492 g/mol. The van der Waals surface area contributed by atoms with Crippen LogP contribution in [0.5, 0.6) is 0 Å². The van der Waals surface area contributed by atoms with Crippen LogP contribution in [0.25, 0.3) is 11.1 Å². The molecule has 0 heterocycles. The molecule has 3 aromatic carbocycles. The van der Waals surface area contributed by atoms with E-state index in [4.69, 9.17) is 5.73 Å². The molecule has 0 aromatic heterocycles. The SMILES string of the molecule is Cc1cc(C)c(NC(=O)Nc2cc(-c3ccc(N)cc3)ccc2C(=O)NC(C(=O)O)C2CCCCC2)c(C)c1. The summed E-state index contributed by atoms with van der Waals surface area (Å²) < 4.78 is 0. The van der Waals surface area contributed by atoms with Gasteiger partial charge in [-0.2, -0.15) is 0 Å². The lowest BCUT2D eigenvalue weighted by Crippen LogP contribution is -2.46. The van der Waals surface area contributed by atoms with Crippen molar-refractivity contribution in [3.8, 4) is 11.1 Å². The molecule has 8 nitrogen and oxygen atoms in total. The number of nitrogen functional groups attached to an aromatic ring is 1. The number of hydrogen-bond donors (Lipinski definition) is 5. The van der Waals surface area contributed by atoms with Gasteiger partial charge in [0.1, 0.15) is 6.04 Å². The van der Waals surface area contributed by atoms with Gasteiger partial charge in [-0.25, -0.2) is 9.59 Å². The number of aryl methyl sites for hydroxylation is 3. The average molecular weight is 529 g/mol. The number of urea groups is 1. The zero-order chi connectivity index (χ0) is 28.1. The van der Waals surface area contributed by atoms with Gasteiger partial charge in [-0.1, -0.05) is 55.2 Å². The van der Waals surface area contributed by atoms with Crippen LogP contribution >= 0.6 is 0 Å². The first-order chi connectivity index (χ1) is 18.6. The molecule has 1 aliphatic rings. The first-order valence-corrected chi connectivity index (χ1v) is 13.3. The molecule has 0 radical (unpaired) electrons. The predicted octanol–water partition coefficient (Wildman–Crippen LogP) is 6.27. The zero-order valence-electron chi connectivity index (χ0n) is 22.6. The first kappa shape index (κ1) is 27.7. The standard InChI is InChI=1S/C31H36N4O4/c1-18-15-19(2)27(20(3)16-18)35-31(39)33-26-17-23(21-9-12-24(32)13-10-21)11-14-25(26)29(36)34-28(30(37)38)22-7-5-4-6-8-22/h9-17,22,28H,4-8,32H2,1-3H3,(H,34,36)(H,37,38)(H2,33,35,39). The Hall–Kier alpha value is -4.33. The number of nitrogens with one attached hydrogen (secondary N) is 3. The van der Waals surface area contributed by atoms with E-state index in [2.05, 4.69) is 16.0 Å². The molecule has 1 atom stereocenters. The Morgan fingerprint density at radius 3 is 2.08 bits per heavy atom. The van der Waals surface area contributed by atoms with Crippen LogP contribution in [0.1, 0.15) is 59.2 Å². The highest BCUT2D eigenvalue weighted by molar-refractivity contribution is 6.08. The summed E-state index contributed by atoms with van der Waals surface area (Å²) >= 11 is 0. The van der Waals surface area contributed by atoms with E-state index in [1.54, 1.807) is 30.3 Å². The van der Waals surface area contributed by atoms with Crippen LogP contribution in [-0.4, -0.2) is 29.1 Å². The third kappa shape index (κ3) is 6.76. The Morgan fingerprint density at radius 2 is 1.46 bits per heavy atom. The molecule has 3 aromatic rings. The van der Waals surface area contributed by atoms with Gasteiger partial charge in [-0.05, 0) is 86.1 Å². The highest BCUT2D eigenvalue weighted by Gasteiger charge is 2.31. The smallest absolute Gasteiger partial charge is 0.326 e. The number of carbonyl (C=O) groups is 3. The number of anilines is 3. The summed E-state index contributed by atoms with van der Waals surface area (Å²) in [4.78, 5) is 38.7. The van der Waals surface area contributed by atoms with Crippen LogP contribution in [0.4, 0.5) is 21.9 Å². The molecule has 1 unspecified atom stereocenters. The van der Waals surface area contributed by atoms with Crippen molar-refractivity contribution in [1.29, 1.82) is 0 Å². The fourth-order valence-electron chi connectivity index (χ4n) is 5.41. The summed E-state index contributed by atoms with van der Waals surface area (Å²) in [5, 5.41) is 18.3. The quantitative estimate of drug-likeness (QED) is 0.231. The van der Waals surface area contributed by atoms with Crippen molar-refractivity contribution >= 4 is 35.0 Å². The van der Waals surface area contributed by atoms with Crippen LogP contribution in [0.15, 0.2) is 54.6 Å². The summed E-state index contributed by atoms with van der Waals surface area (Å²) in [5.41, 5.74) is 12.2. The van der Waals surface area contributed by atoms with Gasteiger partial charge in [0.05, 0.1) is 11.3 Å². The molecular formula is C31H36N4O4. The molecule has 1 aliphatic carbocycles. The monoisotopic (exact) mass is 528 g/mol. The lowest BCUT2D eigenvalue weighted by atomic mass is 9.83. The topological polar surface area (TPSA) is 134 Å². The van der Waals surface area contributed by atoms with Gasteiger partial charge in [0.15, 0.2) is 0 Å². The Kier molecular flexibility index (Phi) is 8.54. The van der Waals surface area contributed by atoms with Gasteiger partial charge in [-0.15, -0.1) is 0 Å². The molecule has 1 fully saturated rings. The molecule has 0 aliphatic heterocycles. The third-order valence-corrected chi connectivity index (χ3v) is 7.35. The maximum Gasteiger partial charge on any atom is 0.326 e. The molecule has 204 valence electrons. The minimum absolute atomic E-state index is 0.124. The van der Waals surface area contributed by atoms with Crippen LogP contribution in [-0.2, 0) is 4.79 Å². The van der Waals surface area contributed by atoms with Crippen molar-refractivity contribution in [3.63, 3.8) is 0 Å². The number of nitrogens with two attached hydrogens (primary N) is 1. The molecule has 6 N–H and O–H groups in total. The maximum atomic E-state index is 13.4. The van der Waals surface area contributed by atoms with E-state index in [-0.39, 0.29) is 17.2 Å². The fraction of sp³-hybridized carbons (Fsp3) is 0.323. The highest BCUT2D eigenvalue weighted by atomic mass is 16.4. The molecule has 1 saturated carbocycles. The van der Waals surface area contributed by atoms with E-state index in [9.17, 15) is 19.5 Å². The number of rotatable bonds is 7. The zero-order valence-corrected chi connectivity index (χ0v) is 22.6. The number of aliphatic carboxylic acids is 1. The third-order valence-electron chi connectivity index (χ3n) is 7.35. The van der Waals surface area contributed by atoms with Gasteiger partial charge in [-0.3, -0.25) is 4.79 Å². The van der Waals surface area contributed by atoms with Gasteiger partial charge >= 0.3 is 12.0 Å². The lowest BCUT2D eigenvalue weighted by molar-refractivity contribution is -0.141. The van der Waals surface area contributed by atoms with E-state index in [1.807, 2.05) is 45.0 Å². The van der Waals surface area contributed by atoms with Crippen molar-refractivity contribution in [2.24, 2.45) is 5.92 Å². The lowest BCUT2D eigenvalue weighted by Gasteiger charge is -2.28. The normalized spacial score (nSPS) is 14.3. The van der Waals surface area contributed by atoms with E-state index in [1.165, 1.54) is 0 Å².